The maximum atomic E-state index is 14.5. The van der Waals surface area contributed by atoms with E-state index >= 15 is 0 Å². The molecule has 3 rings (SSSR count). The van der Waals surface area contributed by atoms with Crippen LogP contribution in [0.3, 0.4) is 0 Å². The van der Waals surface area contributed by atoms with E-state index in [2.05, 4.69) is 5.32 Å². The van der Waals surface area contributed by atoms with Gasteiger partial charge in [0, 0.05) is 25.2 Å². The van der Waals surface area contributed by atoms with Gasteiger partial charge in [-0.3, -0.25) is 0 Å². The number of unbranched alkanes of at least 4 members (excludes halogenated alkanes) is 1. The number of rotatable bonds is 6. The van der Waals surface area contributed by atoms with Gasteiger partial charge in [-0.15, -0.1) is 0 Å². The number of anilines is 2. The average Bonchev–Trinajstić information content (AvgIpc) is 2.60. The summed E-state index contributed by atoms with van der Waals surface area (Å²) in [6, 6.07) is 5.93. The molecule has 0 radical (unpaired) electrons. The molecule has 0 atom stereocenters. The SMILES string of the molecule is CNCCCCN1Cc2cc(C)ccc2N(c2c(F)cc(F)cc2F)S1(=O)=O. The highest BCUT2D eigenvalue weighted by Crippen LogP contribution is 2.41. The topological polar surface area (TPSA) is 52.6 Å². The third-order valence-corrected chi connectivity index (χ3v) is 6.43. The number of halogens is 3. The molecule has 0 aromatic heterocycles. The fraction of sp³-hybridized carbons (Fsp3) is 0.368. The molecule has 9 heteroatoms. The largest absolute Gasteiger partial charge is 0.320 e. The Morgan fingerprint density at radius 3 is 2.39 bits per heavy atom. The summed E-state index contributed by atoms with van der Waals surface area (Å²) in [5.41, 5.74) is 0.896. The van der Waals surface area contributed by atoms with Crippen molar-refractivity contribution in [3.63, 3.8) is 0 Å². The number of hydrogen-bond acceptors (Lipinski definition) is 3. The summed E-state index contributed by atoms with van der Waals surface area (Å²) in [5, 5.41) is 2.99. The molecule has 0 aliphatic carbocycles. The van der Waals surface area contributed by atoms with Crippen molar-refractivity contribution in [2.75, 3.05) is 24.4 Å². The van der Waals surface area contributed by atoms with Crippen LogP contribution < -0.4 is 9.62 Å². The maximum Gasteiger partial charge on any atom is 0.308 e. The summed E-state index contributed by atoms with van der Waals surface area (Å²) in [4.78, 5) is 0. The van der Waals surface area contributed by atoms with Gasteiger partial charge in [-0.05, 0) is 45.0 Å². The third-order valence-electron chi connectivity index (χ3n) is 4.63. The van der Waals surface area contributed by atoms with Crippen LogP contribution in [0.25, 0.3) is 0 Å². The summed E-state index contributed by atoms with van der Waals surface area (Å²) in [6.07, 6.45) is 1.34. The predicted octanol–water partition coefficient (Wildman–Crippen LogP) is 3.61. The van der Waals surface area contributed by atoms with Gasteiger partial charge in [0.25, 0.3) is 0 Å². The van der Waals surface area contributed by atoms with Gasteiger partial charge in [0.05, 0.1) is 5.69 Å². The zero-order valence-corrected chi connectivity index (χ0v) is 16.5. The average molecular weight is 413 g/mol. The molecule has 5 nitrogen and oxygen atoms in total. The fourth-order valence-electron chi connectivity index (χ4n) is 3.30. The summed E-state index contributed by atoms with van der Waals surface area (Å²) < 4.78 is 70.6. The molecule has 1 heterocycles. The van der Waals surface area contributed by atoms with Crippen molar-refractivity contribution in [1.82, 2.24) is 9.62 Å². The first-order valence-electron chi connectivity index (χ1n) is 8.94. The van der Waals surface area contributed by atoms with E-state index in [-0.39, 0.29) is 18.8 Å². The van der Waals surface area contributed by atoms with Crippen LogP contribution in [-0.2, 0) is 16.8 Å². The van der Waals surface area contributed by atoms with Gasteiger partial charge in [0.15, 0.2) is 11.6 Å². The molecule has 0 amide bonds. The molecule has 1 aliphatic heterocycles. The molecule has 2 aromatic rings. The molecule has 0 saturated heterocycles. The van der Waals surface area contributed by atoms with Gasteiger partial charge in [-0.1, -0.05) is 17.7 Å². The Balaban J connectivity index is 2.11. The first kappa shape index (κ1) is 20.6. The zero-order chi connectivity index (χ0) is 20.5. The fourth-order valence-corrected chi connectivity index (χ4v) is 5.02. The lowest BCUT2D eigenvalue weighted by molar-refractivity contribution is 0.387. The highest BCUT2D eigenvalue weighted by Gasteiger charge is 2.40. The van der Waals surface area contributed by atoms with E-state index in [1.165, 1.54) is 10.4 Å². The van der Waals surface area contributed by atoms with E-state index in [4.69, 9.17) is 0 Å². The molecule has 0 bridgehead atoms. The number of hydrogen-bond donors (Lipinski definition) is 1. The van der Waals surface area contributed by atoms with Gasteiger partial charge in [-0.2, -0.15) is 12.7 Å². The van der Waals surface area contributed by atoms with E-state index in [0.717, 1.165) is 18.5 Å². The summed E-state index contributed by atoms with van der Waals surface area (Å²) in [5.74, 6) is -3.66. The summed E-state index contributed by atoms with van der Waals surface area (Å²) in [7, 11) is -2.44. The Hall–Kier alpha value is -2.10. The van der Waals surface area contributed by atoms with Crippen LogP contribution in [0.2, 0.25) is 0 Å². The lowest BCUT2D eigenvalue weighted by atomic mass is 10.1. The van der Waals surface area contributed by atoms with E-state index in [1.807, 2.05) is 6.92 Å². The lowest BCUT2D eigenvalue weighted by Gasteiger charge is -2.37. The van der Waals surface area contributed by atoms with Crippen molar-refractivity contribution in [2.45, 2.75) is 26.3 Å². The lowest BCUT2D eigenvalue weighted by Crippen LogP contribution is -2.46. The summed E-state index contributed by atoms with van der Waals surface area (Å²) in [6.45, 7) is 2.90. The van der Waals surface area contributed by atoms with Crippen LogP contribution in [0.5, 0.6) is 0 Å². The van der Waals surface area contributed by atoms with E-state index in [0.29, 0.717) is 28.4 Å². The number of aryl methyl sites for hydroxylation is 1. The Morgan fingerprint density at radius 1 is 1.07 bits per heavy atom. The van der Waals surface area contributed by atoms with Gasteiger partial charge < -0.3 is 5.32 Å². The van der Waals surface area contributed by atoms with Gasteiger partial charge >= 0.3 is 10.2 Å². The Bertz CT molecular complexity index is 959. The maximum absolute atomic E-state index is 14.5. The summed E-state index contributed by atoms with van der Waals surface area (Å²) >= 11 is 0. The van der Waals surface area contributed by atoms with Crippen molar-refractivity contribution >= 4 is 21.6 Å². The molecular formula is C19H22F3N3O2S. The monoisotopic (exact) mass is 413 g/mol. The van der Waals surface area contributed by atoms with Crippen LogP contribution >= 0.6 is 0 Å². The highest BCUT2D eigenvalue weighted by molar-refractivity contribution is 7.90. The molecule has 1 aliphatic rings. The van der Waals surface area contributed by atoms with Gasteiger partial charge in [0.2, 0.25) is 0 Å². The molecule has 152 valence electrons. The number of nitrogens with zero attached hydrogens (tertiary/aromatic N) is 2. The van der Waals surface area contributed by atoms with Crippen LogP contribution in [0.4, 0.5) is 24.5 Å². The van der Waals surface area contributed by atoms with Crippen molar-refractivity contribution in [2.24, 2.45) is 0 Å². The van der Waals surface area contributed by atoms with Crippen LogP contribution in [0.15, 0.2) is 30.3 Å². The van der Waals surface area contributed by atoms with Crippen molar-refractivity contribution in [3.05, 3.63) is 58.9 Å². The van der Waals surface area contributed by atoms with Crippen LogP contribution in [0, 0.1) is 24.4 Å². The minimum Gasteiger partial charge on any atom is -0.320 e. The first-order valence-corrected chi connectivity index (χ1v) is 10.3. The standard InChI is InChI=1S/C19H22F3N3O2S/c1-13-5-6-18-14(9-13)12-24(8-4-3-7-23-2)28(26,27)25(18)19-16(21)10-15(20)11-17(19)22/h5-6,9-11,23H,3-4,7-8,12H2,1-2H3. The highest BCUT2D eigenvalue weighted by atomic mass is 32.2. The van der Waals surface area contributed by atoms with Crippen LogP contribution in [0.1, 0.15) is 24.0 Å². The van der Waals surface area contributed by atoms with Crippen molar-refractivity contribution in [1.29, 1.82) is 0 Å². The third kappa shape index (κ3) is 3.87. The minimum absolute atomic E-state index is 0.111. The van der Waals surface area contributed by atoms with E-state index < -0.39 is 33.3 Å². The normalized spacial score (nSPS) is 16.2. The Labute approximate surface area is 162 Å². The smallest absolute Gasteiger partial charge is 0.308 e. The Kier molecular flexibility index (Phi) is 5.97. The Morgan fingerprint density at radius 2 is 1.75 bits per heavy atom. The molecular weight excluding hydrogens is 391 g/mol. The van der Waals surface area contributed by atoms with E-state index in [1.54, 1.807) is 19.2 Å². The number of benzene rings is 2. The quantitative estimate of drug-likeness (QED) is 0.736. The van der Waals surface area contributed by atoms with Crippen molar-refractivity contribution < 1.29 is 21.6 Å². The molecule has 28 heavy (non-hydrogen) atoms. The number of fused-ring (bicyclic) bond motifs is 1. The molecule has 0 fully saturated rings. The predicted molar refractivity (Wildman–Crippen MR) is 102 cm³/mol. The molecule has 2 aromatic carbocycles. The zero-order valence-electron chi connectivity index (χ0n) is 15.7. The van der Waals surface area contributed by atoms with Gasteiger partial charge in [0.1, 0.15) is 11.5 Å². The second-order valence-electron chi connectivity index (χ2n) is 6.77. The van der Waals surface area contributed by atoms with Gasteiger partial charge in [-0.25, -0.2) is 17.5 Å². The molecule has 0 unspecified atom stereocenters. The minimum atomic E-state index is -4.24. The van der Waals surface area contributed by atoms with E-state index in [9.17, 15) is 21.6 Å². The van der Waals surface area contributed by atoms with Crippen LogP contribution in [-0.4, -0.2) is 32.9 Å². The first-order chi connectivity index (χ1) is 13.3. The molecule has 0 saturated carbocycles. The van der Waals surface area contributed by atoms with Crippen molar-refractivity contribution in [3.8, 4) is 0 Å². The second-order valence-corrected chi connectivity index (χ2v) is 8.54. The molecule has 1 N–H and O–H groups in total. The second kappa shape index (κ2) is 8.10. The molecule has 0 spiro atoms. The number of nitrogens with one attached hydrogen (secondary N) is 1.